The maximum Gasteiger partial charge on any atom is 0.337 e. The zero-order valence-corrected chi connectivity index (χ0v) is 27.8. The normalized spacial score (nSPS) is 13.5. The van der Waals surface area contributed by atoms with Gasteiger partial charge in [-0.3, -0.25) is 4.79 Å². The lowest BCUT2D eigenvalue weighted by Crippen LogP contribution is -2.50. The van der Waals surface area contributed by atoms with Gasteiger partial charge in [0.2, 0.25) is 0 Å². The van der Waals surface area contributed by atoms with Crippen LogP contribution >= 0.6 is 0 Å². The summed E-state index contributed by atoms with van der Waals surface area (Å²) in [5.74, 6) is -0.418. The molecule has 3 aromatic rings. The maximum absolute atomic E-state index is 14.3. The van der Waals surface area contributed by atoms with E-state index in [4.69, 9.17) is 19.9 Å². The van der Waals surface area contributed by atoms with Gasteiger partial charge < -0.3 is 30.0 Å². The number of sulfone groups is 1. The monoisotopic (exact) mass is 654 g/mol. The number of nitrogens with two attached hydrogens (primary N) is 1. The van der Waals surface area contributed by atoms with Crippen LogP contribution in [0, 0.1) is 5.92 Å². The number of hydrogen-bond acceptors (Lipinski definition) is 9. The standard InChI is InChI=1S/C35H46N2O8S/c1-25(2)16-18-46(41,42)19-17-33(45-30-15-9-13-28(22-30)35(40)44-4)34(39)37(23-27-12-8-14-29(20-27)43-3)24-32(38)31(36)21-26-10-6-5-7-11-26/h5-15,20,22,25,31-33,38H,16-19,21,23-24,36H2,1-4H3/t31-,32+,33?/m0/s1. The minimum absolute atomic E-state index is 0.00994. The van der Waals surface area contributed by atoms with Gasteiger partial charge in [-0.1, -0.05) is 62.4 Å². The molecule has 0 aliphatic rings. The zero-order valence-electron chi connectivity index (χ0n) is 27.0. The molecule has 0 spiro atoms. The zero-order chi connectivity index (χ0) is 33.7. The van der Waals surface area contributed by atoms with Gasteiger partial charge in [-0.05, 0) is 60.2 Å². The largest absolute Gasteiger partial charge is 0.497 e. The lowest BCUT2D eigenvalue weighted by Gasteiger charge is -2.31. The molecule has 46 heavy (non-hydrogen) atoms. The summed E-state index contributed by atoms with van der Waals surface area (Å²) in [6.07, 6.45) is -1.60. The van der Waals surface area contributed by atoms with E-state index in [0.717, 1.165) is 11.1 Å². The predicted octanol–water partition coefficient (Wildman–Crippen LogP) is 4.04. The maximum atomic E-state index is 14.3. The Morgan fingerprint density at radius 3 is 2.20 bits per heavy atom. The van der Waals surface area contributed by atoms with Gasteiger partial charge in [-0.15, -0.1) is 0 Å². The molecular weight excluding hydrogens is 608 g/mol. The summed E-state index contributed by atoms with van der Waals surface area (Å²) in [5.41, 5.74) is 8.29. The fraction of sp³-hybridized carbons (Fsp3) is 0.429. The first kappa shape index (κ1) is 36.5. The summed E-state index contributed by atoms with van der Waals surface area (Å²) in [4.78, 5) is 27.9. The van der Waals surface area contributed by atoms with Crippen LogP contribution in [-0.4, -0.2) is 80.8 Å². The van der Waals surface area contributed by atoms with E-state index in [1.807, 2.05) is 50.2 Å². The number of aliphatic hydroxyl groups excluding tert-OH is 1. The third-order valence-electron chi connectivity index (χ3n) is 7.54. The Hall–Kier alpha value is -3.93. The van der Waals surface area contributed by atoms with Crippen molar-refractivity contribution in [1.82, 2.24) is 4.90 Å². The molecule has 3 aromatic carbocycles. The van der Waals surface area contributed by atoms with Crippen LogP contribution in [0.2, 0.25) is 0 Å². The number of aliphatic hydroxyl groups is 1. The molecule has 250 valence electrons. The highest BCUT2D eigenvalue weighted by Crippen LogP contribution is 2.21. The van der Waals surface area contributed by atoms with E-state index >= 15 is 0 Å². The van der Waals surface area contributed by atoms with Gasteiger partial charge >= 0.3 is 5.97 Å². The van der Waals surface area contributed by atoms with E-state index in [0.29, 0.717) is 18.6 Å². The molecule has 3 rings (SSSR count). The van der Waals surface area contributed by atoms with Crippen LogP contribution in [0.1, 0.15) is 48.2 Å². The van der Waals surface area contributed by atoms with E-state index in [-0.39, 0.29) is 48.2 Å². The van der Waals surface area contributed by atoms with Gasteiger partial charge in [0.25, 0.3) is 5.91 Å². The van der Waals surface area contributed by atoms with Crippen molar-refractivity contribution in [2.75, 3.05) is 32.3 Å². The lowest BCUT2D eigenvalue weighted by atomic mass is 10.0. The molecule has 3 atom stereocenters. The fourth-order valence-electron chi connectivity index (χ4n) is 4.83. The van der Waals surface area contributed by atoms with Crippen molar-refractivity contribution in [3.63, 3.8) is 0 Å². The molecule has 3 N–H and O–H groups in total. The number of benzene rings is 3. The summed E-state index contributed by atoms with van der Waals surface area (Å²) in [6.45, 7) is 3.84. The second-order valence-corrected chi connectivity index (χ2v) is 14.0. The summed E-state index contributed by atoms with van der Waals surface area (Å²) in [6, 6.07) is 22.1. The third kappa shape index (κ3) is 11.8. The van der Waals surface area contributed by atoms with Gasteiger partial charge in [0.15, 0.2) is 6.10 Å². The number of esters is 1. The number of carbonyl (C=O) groups excluding carboxylic acids is 2. The molecule has 0 fully saturated rings. The number of hydrogen-bond donors (Lipinski definition) is 2. The second-order valence-electron chi connectivity index (χ2n) is 11.7. The minimum Gasteiger partial charge on any atom is -0.497 e. The third-order valence-corrected chi connectivity index (χ3v) is 9.26. The second kappa shape index (κ2) is 17.7. The number of rotatable bonds is 18. The van der Waals surface area contributed by atoms with Crippen molar-refractivity contribution in [3.8, 4) is 11.5 Å². The van der Waals surface area contributed by atoms with Crippen LogP contribution < -0.4 is 15.2 Å². The molecule has 0 radical (unpaired) electrons. The van der Waals surface area contributed by atoms with Crippen molar-refractivity contribution in [2.45, 2.75) is 57.9 Å². The number of carbonyl (C=O) groups is 2. The van der Waals surface area contributed by atoms with E-state index in [9.17, 15) is 23.1 Å². The lowest BCUT2D eigenvalue weighted by molar-refractivity contribution is -0.141. The number of amides is 1. The fourth-order valence-corrected chi connectivity index (χ4v) is 6.43. The van der Waals surface area contributed by atoms with Gasteiger partial charge in [-0.25, -0.2) is 13.2 Å². The number of methoxy groups -OCH3 is 2. The average molecular weight is 655 g/mol. The van der Waals surface area contributed by atoms with E-state index < -0.39 is 40.0 Å². The Morgan fingerprint density at radius 2 is 1.52 bits per heavy atom. The molecule has 0 aromatic heterocycles. The van der Waals surface area contributed by atoms with Crippen LogP contribution in [0.3, 0.4) is 0 Å². The van der Waals surface area contributed by atoms with Crippen LogP contribution in [0.5, 0.6) is 11.5 Å². The van der Waals surface area contributed by atoms with Crippen LogP contribution in [0.4, 0.5) is 0 Å². The highest BCUT2D eigenvalue weighted by Gasteiger charge is 2.31. The first-order valence-electron chi connectivity index (χ1n) is 15.4. The topological polar surface area (TPSA) is 145 Å². The van der Waals surface area contributed by atoms with Gasteiger partial charge in [0.1, 0.15) is 21.3 Å². The SMILES string of the molecule is COC(=O)c1cccc(OC(CCS(=O)(=O)CCC(C)C)C(=O)N(Cc2cccc(OC)c2)C[C@@H](O)[C@@H](N)Cc2ccccc2)c1. The van der Waals surface area contributed by atoms with Crippen molar-refractivity contribution in [3.05, 3.63) is 95.6 Å². The van der Waals surface area contributed by atoms with E-state index in [1.54, 1.807) is 43.5 Å². The van der Waals surface area contributed by atoms with E-state index in [2.05, 4.69) is 0 Å². The Morgan fingerprint density at radius 1 is 0.870 bits per heavy atom. The Bertz CT molecular complexity index is 1510. The summed E-state index contributed by atoms with van der Waals surface area (Å²) in [7, 11) is -0.698. The summed E-state index contributed by atoms with van der Waals surface area (Å²) in [5, 5.41) is 11.2. The van der Waals surface area contributed by atoms with Gasteiger partial charge in [0, 0.05) is 25.6 Å². The predicted molar refractivity (Wildman–Crippen MR) is 177 cm³/mol. The van der Waals surface area contributed by atoms with Crippen molar-refractivity contribution in [2.24, 2.45) is 11.7 Å². The molecule has 0 aliphatic heterocycles. The smallest absolute Gasteiger partial charge is 0.337 e. The molecule has 0 aliphatic carbocycles. The molecule has 0 heterocycles. The quantitative estimate of drug-likeness (QED) is 0.194. The summed E-state index contributed by atoms with van der Waals surface area (Å²) < 4.78 is 42.2. The highest BCUT2D eigenvalue weighted by atomic mass is 32.2. The van der Waals surface area contributed by atoms with Crippen LogP contribution in [-0.2, 0) is 32.3 Å². The first-order valence-corrected chi connectivity index (χ1v) is 17.2. The van der Waals surface area contributed by atoms with Crippen molar-refractivity contribution >= 4 is 21.7 Å². The molecule has 11 heteroatoms. The van der Waals surface area contributed by atoms with E-state index in [1.165, 1.54) is 18.1 Å². The van der Waals surface area contributed by atoms with Crippen LogP contribution in [0.15, 0.2) is 78.9 Å². The Balaban J connectivity index is 1.93. The minimum atomic E-state index is -3.50. The molecule has 1 unspecified atom stereocenters. The average Bonchev–Trinajstić information content (AvgIpc) is 3.05. The van der Waals surface area contributed by atoms with Gasteiger partial charge in [0.05, 0.1) is 37.4 Å². The molecule has 0 saturated carbocycles. The Labute approximate surface area is 272 Å². The summed E-state index contributed by atoms with van der Waals surface area (Å²) >= 11 is 0. The molecular formula is C35H46N2O8S. The molecule has 1 amide bonds. The number of nitrogens with zero attached hydrogens (tertiary/aromatic N) is 1. The number of ether oxygens (including phenoxy) is 3. The molecule has 0 saturated heterocycles. The van der Waals surface area contributed by atoms with Crippen molar-refractivity contribution in [1.29, 1.82) is 0 Å². The van der Waals surface area contributed by atoms with Crippen LogP contribution in [0.25, 0.3) is 0 Å². The molecule has 10 nitrogen and oxygen atoms in total. The Kier molecular flexibility index (Phi) is 14.0. The molecule has 0 bridgehead atoms. The van der Waals surface area contributed by atoms with Gasteiger partial charge in [-0.2, -0.15) is 0 Å². The highest BCUT2D eigenvalue weighted by molar-refractivity contribution is 7.91. The van der Waals surface area contributed by atoms with Crippen molar-refractivity contribution < 1.29 is 37.3 Å². The first-order chi connectivity index (χ1) is 21.9.